The van der Waals surface area contributed by atoms with Crippen molar-refractivity contribution >= 4 is 9.84 Å². The summed E-state index contributed by atoms with van der Waals surface area (Å²) < 4.78 is 27.7. The number of hydrogen-bond donors (Lipinski definition) is 1. The van der Waals surface area contributed by atoms with E-state index in [0.29, 0.717) is 12.5 Å². The predicted molar refractivity (Wildman–Crippen MR) is 56.1 cm³/mol. The minimum atomic E-state index is -2.90. The van der Waals surface area contributed by atoms with E-state index < -0.39 is 9.84 Å². The molecule has 84 valence electrons. The van der Waals surface area contributed by atoms with Crippen LogP contribution < -0.4 is 5.32 Å². The molecule has 0 saturated carbocycles. The summed E-state index contributed by atoms with van der Waals surface area (Å²) in [6, 6.07) is 0.0327. The number of rotatable bonds is 4. The first-order chi connectivity index (χ1) is 6.53. The summed E-state index contributed by atoms with van der Waals surface area (Å²) in [6.45, 7) is 1.49. The molecule has 0 aromatic carbocycles. The van der Waals surface area contributed by atoms with Gasteiger partial charge in [-0.05, 0) is 25.8 Å². The zero-order chi connectivity index (χ0) is 10.6. The zero-order valence-corrected chi connectivity index (χ0v) is 9.64. The Morgan fingerprint density at radius 3 is 2.71 bits per heavy atom. The van der Waals surface area contributed by atoms with Crippen LogP contribution in [0.1, 0.15) is 12.8 Å². The average Bonchev–Trinajstić information content (AvgIpc) is 2.14. The molecular weight excluding hydrogens is 202 g/mol. The van der Waals surface area contributed by atoms with Crippen LogP contribution in [0.25, 0.3) is 0 Å². The van der Waals surface area contributed by atoms with Crippen LogP contribution in [-0.2, 0) is 14.6 Å². The molecule has 1 N–H and O–H groups in total. The highest BCUT2D eigenvalue weighted by molar-refractivity contribution is 7.90. The molecule has 1 fully saturated rings. The van der Waals surface area contributed by atoms with E-state index in [-0.39, 0.29) is 11.8 Å². The topological polar surface area (TPSA) is 55.4 Å². The second-order valence-corrected chi connectivity index (χ2v) is 6.15. The molecule has 14 heavy (non-hydrogen) atoms. The van der Waals surface area contributed by atoms with E-state index in [0.717, 1.165) is 19.4 Å². The average molecular weight is 221 g/mol. The summed E-state index contributed by atoms with van der Waals surface area (Å²) in [4.78, 5) is 0. The second kappa shape index (κ2) is 5.09. The first-order valence-electron chi connectivity index (χ1n) is 4.95. The predicted octanol–water partition coefficient (Wildman–Crippen LogP) is 0.0456. The van der Waals surface area contributed by atoms with Crippen LogP contribution >= 0.6 is 0 Å². The smallest absolute Gasteiger partial charge is 0.148 e. The van der Waals surface area contributed by atoms with Gasteiger partial charge in [0.05, 0.1) is 12.4 Å². The van der Waals surface area contributed by atoms with Gasteiger partial charge in [-0.3, -0.25) is 0 Å². The molecule has 0 aromatic heterocycles. The highest BCUT2D eigenvalue weighted by Gasteiger charge is 2.25. The van der Waals surface area contributed by atoms with Crippen LogP contribution in [-0.4, -0.2) is 46.7 Å². The van der Waals surface area contributed by atoms with Crippen molar-refractivity contribution in [3.8, 4) is 0 Å². The van der Waals surface area contributed by atoms with Gasteiger partial charge in [-0.1, -0.05) is 0 Å². The van der Waals surface area contributed by atoms with Crippen LogP contribution in [0, 0.1) is 5.92 Å². The summed E-state index contributed by atoms with van der Waals surface area (Å²) in [7, 11) is -1.09. The van der Waals surface area contributed by atoms with Gasteiger partial charge < -0.3 is 10.1 Å². The Morgan fingerprint density at radius 1 is 1.57 bits per heavy atom. The Bertz CT molecular complexity index is 257. The van der Waals surface area contributed by atoms with Crippen molar-refractivity contribution in [3.05, 3.63) is 0 Å². The Kier molecular flexibility index (Phi) is 4.34. The summed E-state index contributed by atoms with van der Waals surface area (Å²) in [5.41, 5.74) is 0. The van der Waals surface area contributed by atoms with E-state index in [4.69, 9.17) is 4.74 Å². The molecular formula is C9H19NO3S. The van der Waals surface area contributed by atoms with Gasteiger partial charge in [-0.15, -0.1) is 0 Å². The van der Waals surface area contributed by atoms with Crippen molar-refractivity contribution < 1.29 is 13.2 Å². The molecule has 0 aliphatic carbocycles. The third-order valence-corrected chi connectivity index (χ3v) is 3.58. The summed E-state index contributed by atoms with van der Waals surface area (Å²) in [5.74, 6) is 0.542. The van der Waals surface area contributed by atoms with Crippen molar-refractivity contribution in [2.75, 3.05) is 32.3 Å². The van der Waals surface area contributed by atoms with Gasteiger partial charge in [-0.25, -0.2) is 8.42 Å². The molecule has 0 amide bonds. The molecule has 0 aromatic rings. The lowest BCUT2D eigenvalue weighted by Gasteiger charge is -2.29. The molecule has 1 aliphatic rings. The summed E-state index contributed by atoms with van der Waals surface area (Å²) >= 11 is 0. The quantitative estimate of drug-likeness (QED) is 0.728. The van der Waals surface area contributed by atoms with Gasteiger partial charge in [0.2, 0.25) is 0 Å². The number of nitrogens with one attached hydrogen (secondary N) is 1. The molecule has 2 atom stereocenters. The first-order valence-corrected chi connectivity index (χ1v) is 7.01. The molecule has 1 aliphatic heterocycles. The molecule has 0 spiro atoms. The maximum Gasteiger partial charge on any atom is 0.148 e. The molecule has 2 unspecified atom stereocenters. The minimum absolute atomic E-state index is 0.0327. The fourth-order valence-electron chi connectivity index (χ4n) is 1.86. The van der Waals surface area contributed by atoms with Crippen LogP contribution in [0.15, 0.2) is 0 Å². The molecule has 4 nitrogen and oxygen atoms in total. The van der Waals surface area contributed by atoms with Crippen LogP contribution in [0.4, 0.5) is 0 Å². The fraction of sp³-hybridized carbons (Fsp3) is 1.00. The van der Waals surface area contributed by atoms with Gasteiger partial charge in [0.15, 0.2) is 0 Å². The van der Waals surface area contributed by atoms with Crippen molar-refractivity contribution in [2.45, 2.75) is 18.9 Å². The van der Waals surface area contributed by atoms with E-state index in [1.807, 2.05) is 7.05 Å². The lowest BCUT2D eigenvalue weighted by Crippen LogP contribution is -2.42. The van der Waals surface area contributed by atoms with E-state index in [1.165, 1.54) is 6.26 Å². The van der Waals surface area contributed by atoms with Gasteiger partial charge in [0, 0.05) is 18.9 Å². The number of sulfone groups is 1. The first kappa shape index (κ1) is 11.9. The van der Waals surface area contributed by atoms with Crippen molar-refractivity contribution in [1.82, 2.24) is 5.32 Å². The summed E-state index contributed by atoms with van der Waals surface area (Å²) in [6.07, 6.45) is 3.37. The van der Waals surface area contributed by atoms with Gasteiger partial charge in [0.1, 0.15) is 9.84 Å². The highest BCUT2D eigenvalue weighted by atomic mass is 32.2. The molecule has 0 bridgehead atoms. The minimum Gasteiger partial charge on any atom is -0.381 e. The van der Waals surface area contributed by atoms with Crippen LogP contribution in [0.3, 0.4) is 0 Å². The van der Waals surface area contributed by atoms with Crippen molar-refractivity contribution in [3.63, 3.8) is 0 Å². The third-order valence-electron chi connectivity index (χ3n) is 2.62. The Labute approximate surface area is 85.9 Å². The van der Waals surface area contributed by atoms with E-state index in [9.17, 15) is 8.42 Å². The van der Waals surface area contributed by atoms with E-state index in [1.54, 1.807) is 0 Å². The fourth-order valence-corrected chi connectivity index (χ4v) is 2.96. The molecule has 5 heteroatoms. The molecule has 1 rings (SSSR count). The zero-order valence-electron chi connectivity index (χ0n) is 8.82. The van der Waals surface area contributed by atoms with E-state index in [2.05, 4.69) is 5.32 Å². The van der Waals surface area contributed by atoms with E-state index >= 15 is 0 Å². The Balaban J connectivity index is 2.52. The van der Waals surface area contributed by atoms with Crippen molar-refractivity contribution in [1.29, 1.82) is 0 Å². The molecule has 1 saturated heterocycles. The standard InChI is InChI=1S/C9H19NO3S/c1-10-9(7-14(2,11)12)8-4-3-5-13-6-8/h8-10H,3-7H2,1-2H3. The highest BCUT2D eigenvalue weighted by Crippen LogP contribution is 2.18. The lowest BCUT2D eigenvalue weighted by atomic mass is 9.95. The Hall–Kier alpha value is -0.130. The van der Waals surface area contributed by atoms with Gasteiger partial charge in [0.25, 0.3) is 0 Å². The third kappa shape index (κ3) is 3.94. The van der Waals surface area contributed by atoms with Crippen LogP contribution in [0.2, 0.25) is 0 Å². The SMILES string of the molecule is CNC(CS(C)(=O)=O)C1CCCOC1. The summed E-state index contributed by atoms with van der Waals surface area (Å²) in [5, 5.41) is 3.07. The molecule has 1 heterocycles. The number of hydrogen-bond acceptors (Lipinski definition) is 4. The van der Waals surface area contributed by atoms with Gasteiger partial charge in [-0.2, -0.15) is 0 Å². The monoisotopic (exact) mass is 221 g/mol. The largest absolute Gasteiger partial charge is 0.381 e. The Morgan fingerprint density at radius 2 is 2.29 bits per heavy atom. The van der Waals surface area contributed by atoms with Crippen LogP contribution in [0.5, 0.6) is 0 Å². The second-order valence-electron chi connectivity index (χ2n) is 3.96. The lowest BCUT2D eigenvalue weighted by molar-refractivity contribution is 0.0435. The number of ether oxygens (including phenoxy) is 1. The maximum atomic E-state index is 11.2. The maximum absolute atomic E-state index is 11.2. The van der Waals surface area contributed by atoms with Gasteiger partial charge >= 0.3 is 0 Å². The molecule has 0 radical (unpaired) electrons. The van der Waals surface area contributed by atoms with Crippen molar-refractivity contribution in [2.24, 2.45) is 5.92 Å². The normalized spacial score (nSPS) is 26.0.